The van der Waals surface area contributed by atoms with Crippen LogP contribution in [0.2, 0.25) is 0 Å². The van der Waals surface area contributed by atoms with E-state index in [1.807, 2.05) is 26.0 Å². The fourth-order valence-electron chi connectivity index (χ4n) is 5.46. The molecule has 0 aliphatic heterocycles. The largest absolute Gasteiger partial charge is 0.393 e. The van der Waals surface area contributed by atoms with Crippen molar-refractivity contribution in [2.75, 3.05) is 6.61 Å². The first-order chi connectivity index (χ1) is 14.2. The van der Waals surface area contributed by atoms with E-state index in [1.54, 1.807) is 0 Å². The van der Waals surface area contributed by atoms with E-state index in [0.717, 1.165) is 12.8 Å². The molecule has 3 aliphatic carbocycles. The normalized spacial score (nSPS) is 36.2. The summed E-state index contributed by atoms with van der Waals surface area (Å²) in [7, 11) is 0. The molecule has 0 unspecified atom stereocenters. The molecular formula is C26H42O4. The van der Waals surface area contributed by atoms with Gasteiger partial charge in [-0.3, -0.25) is 0 Å². The molecule has 0 radical (unpaired) electrons. The lowest BCUT2D eigenvalue weighted by Gasteiger charge is -2.43. The third-order valence-electron chi connectivity index (χ3n) is 7.11. The van der Waals surface area contributed by atoms with Gasteiger partial charge in [0.2, 0.25) is 0 Å². The number of aliphatic hydroxyl groups is 3. The molecule has 0 aromatic rings. The van der Waals surface area contributed by atoms with Gasteiger partial charge in [0.1, 0.15) is 0 Å². The molecule has 0 heterocycles. The van der Waals surface area contributed by atoms with Crippen molar-refractivity contribution in [1.82, 2.24) is 0 Å². The summed E-state index contributed by atoms with van der Waals surface area (Å²) in [5.41, 5.74) is 2.53. The molecule has 4 nitrogen and oxygen atoms in total. The topological polar surface area (TPSA) is 69.9 Å². The second-order valence-electron chi connectivity index (χ2n) is 10.7. The van der Waals surface area contributed by atoms with E-state index < -0.39 is 17.8 Å². The van der Waals surface area contributed by atoms with Gasteiger partial charge in [-0.2, -0.15) is 0 Å². The standard InChI is InChI=1S/C26H42O4/c1-25(2,29)11-3-4-15-30-24-9-13-26(14-10-24)12-5-6-20(19-26)7-8-21-16-22(27)18-23(28)17-21/h3-4,7-8,22-24,27-29H,5-6,9-19H2,1-2H3/b4-3+,20-7+,21-8?/t22-,23+,24?,26?. The molecule has 3 saturated carbocycles. The van der Waals surface area contributed by atoms with E-state index >= 15 is 0 Å². The smallest absolute Gasteiger partial charge is 0.0651 e. The van der Waals surface area contributed by atoms with Crippen LogP contribution in [0.3, 0.4) is 0 Å². The van der Waals surface area contributed by atoms with Gasteiger partial charge in [-0.15, -0.1) is 0 Å². The van der Waals surface area contributed by atoms with Crippen molar-refractivity contribution in [2.24, 2.45) is 5.41 Å². The fraction of sp³-hybridized carbons (Fsp3) is 0.769. The quantitative estimate of drug-likeness (QED) is 0.532. The highest BCUT2D eigenvalue weighted by molar-refractivity contribution is 5.22. The van der Waals surface area contributed by atoms with E-state index in [4.69, 9.17) is 4.74 Å². The highest BCUT2D eigenvalue weighted by atomic mass is 16.5. The molecular weight excluding hydrogens is 376 g/mol. The van der Waals surface area contributed by atoms with Gasteiger partial charge in [-0.25, -0.2) is 0 Å². The van der Waals surface area contributed by atoms with Crippen molar-refractivity contribution >= 4 is 0 Å². The van der Waals surface area contributed by atoms with Crippen molar-refractivity contribution in [1.29, 1.82) is 0 Å². The first kappa shape index (κ1) is 23.7. The van der Waals surface area contributed by atoms with Crippen LogP contribution in [-0.4, -0.2) is 45.8 Å². The van der Waals surface area contributed by atoms with E-state index in [9.17, 15) is 15.3 Å². The van der Waals surface area contributed by atoms with E-state index in [1.165, 1.54) is 49.7 Å². The summed E-state index contributed by atoms with van der Waals surface area (Å²) in [6, 6.07) is 0. The molecule has 30 heavy (non-hydrogen) atoms. The third-order valence-corrected chi connectivity index (χ3v) is 7.11. The van der Waals surface area contributed by atoms with Crippen molar-refractivity contribution in [3.63, 3.8) is 0 Å². The highest BCUT2D eigenvalue weighted by Crippen LogP contribution is 2.49. The van der Waals surface area contributed by atoms with Gasteiger partial charge >= 0.3 is 0 Å². The number of ether oxygens (including phenoxy) is 1. The SMILES string of the molecule is CC(C)(O)C/C=C/COC1CCC2(CCC/C(=C\C=C3C[C@@H](O)C[C@@H](O)C3)C2)CC1. The van der Waals surface area contributed by atoms with Crippen LogP contribution >= 0.6 is 0 Å². The Morgan fingerprint density at radius 2 is 1.67 bits per heavy atom. The molecule has 0 aromatic heterocycles. The van der Waals surface area contributed by atoms with Crippen LogP contribution in [0.15, 0.2) is 35.5 Å². The molecule has 170 valence electrons. The summed E-state index contributed by atoms with van der Waals surface area (Å²) in [6.07, 6.45) is 20.4. The molecule has 3 rings (SSSR count). The summed E-state index contributed by atoms with van der Waals surface area (Å²) in [5.74, 6) is 0. The van der Waals surface area contributed by atoms with Gasteiger partial charge in [-0.1, -0.05) is 35.5 Å². The molecule has 3 N–H and O–H groups in total. The lowest BCUT2D eigenvalue weighted by Crippen LogP contribution is -2.33. The average Bonchev–Trinajstić information content (AvgIpc) is 2.66. The predicted octanol–water partition coefficient (Wildman–Crippen LogP) is 4.98. The number of allylic oxidation sites excluding steroid dienone is 3. The van der Waals surface area contributed by atoms with Crippen LogP contribution in [0.25, 0.3) is 0 Å². The van der Waals surface area contributed by atoms with Crippen molar-refractivity contribution in [3.8, 4) is 0 Å². The molecule has 0 amide bonds. The second-order valence-corrected chi connectivity index (χ2v) is 10.7. The number of rotatable bonds is 6. The Morgan fingerprint density at radius 3 is 2.33 bits per heavy atom. The van der Waals surface area contributed by atoms with Crippen molar-refractivity contribution < 1.29 is 20.1 Å². The molecule has 0 aromatic carbocycles. The van der Waals surface area contributed by atoms with Crippen molar-refractivity contribution in [2.45, 2.75) is 115 Å². The van der Waals surface area contributed by atoms with E-state index in [-0.39, 0.29) is 0 Å². The van der Waals surface area contributed by atoms with Crippen LogP contribution in [0, 0.1) is 5.41 Å². The Labute approximate surface area is 182 Å². The number of hydrogen-bond donors (Lipinski definition) is 3. The first-order valence-corrected chi connectivity index (χ1v) is 12.0. The lowest BCUT2D eigenvalue weighted by molar-refractivity contribution is 0.00264. The molecule has 1 spiro atoms. The number of hydrogen-bond acceptors (Lipinski definition) is 4. The minimum Gasteiger partial charge on any atom is -0.393 e. The Hall–Kier alpha value is -0.940. The van der Waals surface area contributed by atoms with Crippen LogP contribution < -0.4 is 0 Å². The van der Waals surface area contributed by atoms with E-state index in [0.29, 0.717) is 43.8 Å². The maximum Gasteiger partial charge on any atom is 0.0651 e. The summed E-state index contributed by atoms with van der Waals surface area (Å²) in [4.78, 5) is 0. The van der Waals surface area contributed by atoms with Crippen LogP contribution in [0.4, 0.5) is 0 Å². The summed E-state index contributed by atoms with van der Waals surface area (Å²) >= 11 is 0. The second kappa shape index (κ2) is 10.6. The Kier molecular flexibility index (Phi) is 8.37. The highest BCUT2D eigenvalue weighted by Gasteiger charge is 2.37. The number of aliphatic hydroxyl groups excluding tert-OH is 2. The monoisotopic (exact) mass is 418 g/mol. The fourth-order valence-corrected chi connectivity index (χ4v) is 5.46. The Balaban J connectivity index is 1.45. The van der Waals surface area contributed by atoms with E-state index in [2.05, 4.69) is 12.2 Å². The Bertz CT molecular complexity index is 620. The van der Waals surface area contributed by atoms with Gasteiger partial charge in [0, 0.05) is 0 Å². The molecule has 0 bridgehead atoms. The average molecular weight is 419 g/mol. The zero-order chi connectivity index (χ0) is 21.6. The van der Waals surface area contributed by atoms with Crippen LogP contribution in [0.5, 0.6) is 0 Å². The molecule has 3 fully saturated rings. The van der Waals surface area contributed by atoms with Gasteiger partial charge in [0.25, 0.3) is 0 Å². The molecule has 0 saturated heterocycles. The maximum absolute atomic E-state index is 9.89. The van der Waals surface area contributed by atoms with Crippen LogP contribution in [0.1, 0.15) is 90.9 Å². The van der Waals surface area contributed by atoms with Gasteiger partial charge < -0.3 is 20.1 Å². The first-order valence-electron chi connectivity index (χ1n) is 12.0. The summed E-state index contributed by atoms with van der Waals surface area (Å²) < 4.78 is 6.07. The minimum absolute atomic E-state index is 0.365. The molecule has 2 atom stereocenters. The minimum atomic E-state index is -0.646. The maximum atomic E-state index is 9.89. The van der Waals surface area contributed by atoms with Gasteiger partial charge in [0.05, 0.1) is 30.5 Å². The van der Waals surface area contributed by atoms with Crippen molar-refractivity contribution in [3.05, 3.63) is 35.5 Å². The molecule has 4 heteroatoms. The summed E-state index contributed by atoms with van der Waals surface area (Å²) in [5, 5.41) is 29.5. The van der Waals surface area contributed by atoms with Gasteiger partial charge in [0.15, 0.2) is 0 Å². The predicted molar refractivity (Wildman–Crippen MR) is 121 cm³/mol. The zero-order valence-electron chi connectivity index (χ0n) is 19.0. The van der Waals surface area contributed by atoms with Gasteiger partial charge in [-0.05, 0) is 96.3 Å². The molecule has 3 aliphatic rings. The lowest BCUT2D eigenvalue weighted by atomic mass is 9.63. The summed E-state index contributed by atoms with van der Waals surface area (Å²) in [6.45, 7) is 4.29. The third kappa shape index (κ3) is 7.64. The Morgan fingerprint density at radius 1 is 1.00 bits per heavy atom. The van der Waals surface area contributed by atoms with Crippen LogP contribution in [-0.2, 0) is 4.74 Å². The zero-order valence-corrected chi connectivity index (χ0v) is 19.0.